The fraction of sp³-hybridized carbons (Fsp3) is 0.909. The highest BCUT2D eigenvalue weighted by Gasteiger charge is 2.09. The summed E-state index contributed by atoms with van der Waals surface area (Å²) in [6.45, 7) is 5.02. The Labute approximate surface area is 172 Å². The third-order valence-electron chi connectivity index (χ3n) is 5.25. The molecule has 6 nitrogen and oxygen atoms in total. The van der Waals surface area contributed by atoms with E-state index in [-0.39, 0.29) is 24.0 Å². The lowest BCUT2D eigenvalue weighted by Crippen LogP contribution is -2.30. The van der Waals surface area contributed by atoms with Crippen LogP contribution in [0, 0.1) is 0 Å². The lowest BCUT2D eigenvalue weighted by atomic mass is 10.1. The lowest BCUT2D eigenvalue weighted by Gasteiger charge is -2.19. The average molecular weight is 401 g/mol. The molecule has 0 amide bonds. The first-order chi connectivity index (χ1) is 13.2. The van der Waals surface area contributed by atoms with Crippen LogP contribution in [0.15, 0.2) is 0 Å². The van der Waals surface area contributed by atoms with Crippen LogP contribution in [-0.2, 0) is 19.1 Å². The number of carbonyl (C=O) groups excluding carboxylic acids is 2. The standard InChI is InChI=1S/C22H44N2O4/c1-19(23(3)4)17-27-21(25)15-13-11-9-7-8-10-12-14-16-22(26)28-18-20(2)24(5)6/h19-20H,7-18H2,1-6H3. The Bertz CT molecular complexity index is 375. The number of nitrogens with zero attached hydrogens (tertiary/aromatic N) is 2. The molecule has 166 valence electrons. The molecule has 0 heterocycles. The molecule has 0 aromatic rings. The van der Waals surface area contributed by atoms with Gasteiger partial charge in [0, 0.05) is 24.9 Å². The van der Waals surface area contributed by atoms with Gasteiger partial charge < -0.3 is 19.3 Å². The van der Waals surface area contributed by atoms with Crippen molar-refractivity contribution in [1.82, 2.24) is 9.80 Å². The molecule has 0 aliphatic heterocycles. The quantitative estimate of drug-likeness (QED) is 0.273. The van der Waals surface area contributed by atoms with Crippen LogP contribution in [0.3, 0.4) is 0 Å². The van der Waals surface area contributed by atoms with Gasteiger partial charge >= 0.3 is 11.9 Å². The molecule has 28 heavy (non-hydrogen) atoms. The van der Waals surface area contributed by atoms with Crippen molar-refractivity contribution >= 4 is 11.9 Å². The molecule has 0 aromatic carbocycles. The van der Waals surface area contributed by atoms with Crippen molar-refractivity contribution < 1.29 is 19.1 Å². The topological polar surface area (TPSA) is 59.1 Å². The van der Waals surface area contributed by atoms with Crippen LogP contribution in [0.25, 0.3) is 0 Å². The molecule has 0 rings (SSSR count). The Kier molecular flexibility index (Phi) is 16.1. The van der Waals surface area contributed by atoms with Crippen molar-refractivity contribution in [2.24, 2.45) is 0 Å². The Hall–Kier alpha value is -1.14. The Morgan fingerprint density at radius 2 is 0.893 bits per heavy atom. The van der Waals surface area contributed by atoms with Gasteiger partial charge in [0.1, 0.15) is 13.2 Å². The van der Waals surface area contributed by atoms with Gasteiger partial charge in [-0.2, -0.15) is 0 Å². The zero-order chi connectivity index (χ0) is 21.4. The van der Waals surface area contributed by atoms with Gasteiger partial charge in [-0.3, -0.25) is 9.59 Å². The summed E-state index contributed by atoms with van der Waals surface area (Å²) in [5, 5.41) is 0. The number of esters is 2. The summed E-state index contributed by atoms with van der Waals surface area (Å²) in [6.07, 6.45) is 9.72. The Morgan fingerprint density at radius 1 is 0.607 bits per heavy atom. The van der Waals surface area contributed by atoms with Gasteiger partial charge in [0.25, 0.3) is 0 Å². The van der Waals surface area contributed by atoms with Crippen LogP contribution >= 0.6 is 0 Å². The predicted octanol–water partition coefficient (Wildman–Crippen LogP) is 3.87. The molecule has 0 aromatic heterocycles. The summed E-state index contributed by atoms with van der Waals surface area (Å²) in [4.78, 5) is 27.4. The van der Waals surface area contributed by atoms with E-state index in [1.807, 2.05) is 51.8 Å². The molecule has 0 bridgehead atoms. The summed E-state index contributed by atoms with van der Waals surface area (Å²) in [5.74, 6) is -0.166. The van der Waals surface area contributed by atoms with Crippen LogP contribution in [0.5, 0.6) is 0 Å². The Morgan fingerprint density at radius 3 is 1.18 bits per heavy atom. The zero-order valence-electron chi connectivity index (χ0n) is 19.2. The van der Waals surface area contributed by atoms with Crippen molar-refractivity contribution in [3.63, 3.8) is 0 Å². The van der Waals surface area contributed by atoms with Gasteiger partial charge in [-0.05, 0) is 54.9 Å². The lowest BCUT2D eigenvalue weighted by molar-refractivity contribution is -0.146. The maximum absolute atomic E-state index is 11.7. The SMILES string of the molecule is CC(COC(=O)CCCCCCCCCCC(=O)OCC(C)N(C)C)N(C)C. The summed E-state index contributed by atoms with van der Waals surface area (Å²) in [5.41, 5.74) is 0. The van der Waals surface area contributed by atoms with Gasteiger partial charge in [0.05, 0.1) is 0 Å². The molecule has 0 spiro atoms. The summed E-state index contributed by atoms with van der Waals surface area (Å²) < 4.78 is 10.6. The van der Waals surface area contributed by atoms with Crippen LogP contribution in [-0.4, -0.2) is 75.2 Å². The number of hydrogen-bond donors (Lipinski definition) is 0. The first kappa shape index (κ1) is 26.9. The van der Waals surface area contributed by atoms with Crippen molar-refractivity contribution in [3.8, 4) is 0 Å². The molecule has 0 aliphatic carbocycles. The summed E-state index contributed by atoms with van der Waals surface area (Å²) in [6, 6.07) is 0.514. The fourth-order valence-electron chi connectivity index (χ4n) is 2.47. The minimum atomic E-state index is -0.0828. The Balaban J connectivity index is 3.39. The number of hydrogen-bond acceptors (Lipinski definition) is 6. The van der Waals surface area contributed by atoms with Crippen LogP contribution in [0.2, 0.25) is 0 Å². The van der Waals surface area contributed by atoms with Gasteiger partial charge in [-0.15, -0.1) is 0 Å². The maximum atomic E-state index is 11.7. The number of carbonyl (C=O) groups is 2. The van der Waals surface area contributed by atoms with Gasteiger partial charge in [0.15, 0.2) is 0 Å². The first-order valence-corrected chi connectivity index (χ1v) is 10.9. The first-order valence-electron chi connectivity index (χ1n) is 10.9. The van der Waals surface area contributed by atoms with E-state index in [1.165, 1.54) is 12.8 Å². The highest BCUT2D eigenvalue weighted by atomic mass is 16.5. The number of rotatable bonds is 17. The highest BCUT2D eigenvalue weighted by Crippen LogP contribution is 2.11. The minimum absolute atomic E-state index is 0.0828. The molecule has 0 saturated heterocycles. The summed E-state index contributed by atoms with van der Waals surface area (Å²) >= 11 is 0. The average Bonchev–Trinajstić information content (AvgIpc) is 2.65. The molecule has 6 heteroatoms. The smallest absolute Gasteiger partial charge is 0.305 e. The second-order valence-electron chi connectivity index (χ2n) is 8.32. The van der Waals surface area contributed by atoms with E-state index in [4.69, 9.17) is 9.47 Å². The molecular weight excluding hydrogens is 356 g/mol. The molecule has 0 N–H and O–H groups in total. The second kappa shape index (κ2) is 16.8. The fourth-order valence-corrected chi connectivity index (χ4v) is 2.47. The largest absolute Gasteiger partial charge is 0.464 e. The van der Waals surface area contributed by atoms with Gasteiger partial charge in [-0.1, -0.05) is 38.5 Å². The highest BCUT2D eigenvalue weighted by molar-refractivity contribution is 5.69. The zero-order valence-corrected chi connectivity index (χ0v) is 19.2. The van der Waals surface area contributed by atoms with Crippen molar-refractivity contribution in [1.29, 1.82) is 0 Å². The molecule has 0 aliphatic rings. The minimum Gasteiger partial charge on any atom is -0.464 e. The second-order valence-corrected chi connectivity index (χ2v) is 8.32. The third kappa shape index (κ3) is 15.9. The molecule has 0 fully saturated rings. The molecule has 0 saturated carbocycles. The van der Waals surface area contributed by atoms with Crippen molar-refractivity contribution in [2.75, 3.05) is 41.4 Å². The normalized spacial score (nSPS) is 13.6. The van der Waals surface area contributed by atoms with Gasteiger partial charge in [-0.25, -0.2) is 0 Å². The van der Waals surface area contributed by atoms with E-state index < -0.39 is 0 Å². The molecular formula is C22H44N2O4. The van der Waals surface area contributed by atoms with E-state index in [0.717, 1.165) is 38.5 Å². The molecule has 2 unspecified atom stereocenters. The van der Waals surface area contributed by atoms with Gasteiger partial charge in [0.2, 0.25) is 0 Å². The van der Waals surface area contributed by atoms with E-state index in [2.05, 4.69) is 0 Å². The van der Waals surface area contributed by atoms with Crippen molar-refractivity contribution in [3.05, 3.63) is 0 Å². The molecule has 2 atom stereocenters. The monoisotopic (exact) mass is 400 g/mol. The number of ether oxygens (including phenoxy) is 2. The third-order valence-corrected chi connectivity index (χ3v) is 5.25. The number of unbranched alkanes of at least 4 members (excludes halogenated alkanes) is 7. The van der Waals surface area contributed by atoms with Crippen LogP contribution < -0.4 is 0 Å². The maximum Gasteiger partial charge on any atom is 0.305 e. The van der Waals surface area contributed by atoms with E-state index in [9.17, 15) is 9.59 Å². The van der Waals surface area contributed by atoms with E-state index in [0.29, 0.717) is 26.1 Å². The molecule has 0 radical (unpaired) electrons. The van der Waals surface area contributed by atoms with Crippen molar-refractivity contribution in [2.45, 2.75) is 90.1 Å². The van der Waals surface area contributed by atoms with Crippen LogP contribution in [0.1, 0.15) is 78.1 Å². The number of likely N-dealkylation sites (N-methyl/N-ethyl adjacent to an activating group) is 2. The van der Waals surface area contributed by atoms with E-state index in [1.54, 1.807) is 0 Å². The predicted molar refractivity (Wildman–Crippen MR) is 114 cm³/mol. The van der Waals surface area contributed by atoms with E-state index >= 15 is 0 Å². The summed E-state index contributed by atoms with van der Waals surface area (Å²) in [7, 11) is 7.93. The van der Waals surface area contributed by atoms with Crippen LogP contribution in [0.4, 0.5) is 0 Å².